The van der Waals surface area contributed by atoms with Crippen molar-refractivity contribution in [3.8, 4) is 0 Å². The van der Waals surface area contributed by atoms with E-state index in [1.807, 2.05) is 42.5 Å². The average Bonchev–Trinajstić information content (AvgIpc) is 2.62. The minimum Gasteiger partial charge on any atom is -0.380 e. The topological polar surface area (TPSA) is 67.4 Å². The molecule has 0 aliphatic heterocycles. The zero-order valence-electron chi connectivity index (χ0n) is 14.2. The zero-order chi connectivity index (χ0) is 17.9. The highest BCUT2D eigenvalue weighted by Crippen LogP contribution is 2.17. The van der Waals surface area contributed by atoms with Crippen LogP contribution in [0.2, 0.25) is 0 Å². The van der Waals surface area contributed by atoms with E-state index in [0.717, 1.165) is 17.7 Å². The second-order valence-electron chi connectivity index (χ2n) is 5.36. The summed E-state index contributed by atoms with van der Waals surface area (Å²) in [6, 6.07) is 17.3. The Hall–Kier alpha value is -2.31. The number of anilines is 1. The monoisotopic (exact) mass is 358 g/mol. The van der Waals surface area contributed by atoms with Crippen molar-refractivity contribution >= 4 is 29.3 Å². The van der Waals surface area contributed by atoms with Crippen LogP contribution < -0.4 is 10.6 Å². The van der Waals surface area contributed by atoms with Crippen LogP contribution in [0.1, 0.15) is 12.0 Å². The smallest absolute Gasteiger partial charge is 0.313 e. The van der Waals surface area contributed by atoms with Gasteiger partial charge in [-0.3, -0.25) is 9.59 Å². The molecule has 0 heterocycles. The largest absolute Gasteiger partial charge is 0.380 e. The second kappa shape index (κ2) is 10.5. The summed E-state index contributed by atoms with van der Waals surface area (Å²) in [6.07, 6.45) is 0.794. The summed E-state index contributed by atoms with van der Waals surface area (Å²) in [7, 11) is 1.61. The number of ether oxygens (including phenoxy) is 1. The third kappa shape index (κ3) is 6.99. The lowest BCUT2D eigenvalue weighted by Crippen LogP contribution is -2.36. The fraction of sp³-hybridized carbons (Fsp3) is 0.263. The van der Waals surface area contributed by atoms with Crippen molar-refractivity contribution in [3.63, 3.8) is 0 Å². The molecule has 0 aliphatic rings. The first-order valence-corrected chi connectivity index (χ1v) is 9.02. The number of amides is 2. The Morgan fingerprint density at radius 1 is 1.04 bits per heavy atom. The summed E-state index contributed by atoms with van der Waals surface area (Å²) < 4.78 is 5.05. The molecule has 25 heavy (non-hydrogen) atoms. The maximum atomic E-state index is 11.9. The van der Waals surface area contributed by atoms with Crippen LogP contribution in [-0.4, -0.2) is 31.2 Å². The molecule has 0 bridgehead atoms. The van der Waals surface area contributed by atoms with Gasteiger partial charge in [0.1, 0.15) is 0 Å². The van der Waals surface area contributed by atoms with E-state index in [1.54, 1.807) is 31.0 Å². The minimum absolute atomic E-state index is 0.453. The van der Waals surface area contributed by atoms with Gasteiger partial charge in [-0.15, -0.1) is 11.8 Å². The summed E-state index contributed by atoms with van der Waals surface area (Å²) in [4.78, 5) is 24.9. The van der Waals surface area contributed by atoms with Crippen molar-refractivity contribution in [2.75, 3.05) is 24.7 Å². The highest BCUT2D eigenvalue weighted by atomic mass is 32.2. The quantitative estimate of drug-likeness (QED) is 0.432. The van der Waals surface area contributed by atoms with Gasteiger partial charge in [0.05, 0.1) is 6.61 Å². The molecule has 0 fully saturated rings. The van der Waals surface area contributed by atoms with E-state index in [0.29, 0.717) is 18.8 Å². The molecule has 2 amide bonds. The molecular formula is C19H22N2O3S. The van der Waals surface area contributed by atoms with Gasteiger partial charge in [0, 0.05) is 24.2 Å². The van der Waals surface area contributed by atoms with Crippen molar-refractivity contribution in [2.24, 2.45) is 0 Å². The molecule has 0 saturated carbocycles. The molecule has 2 aromatic carbocycles. The van der Waals surface area contributed by atoms with Gasteiger partial charge in [0.2, 0.25) is 0 Å². The Kier molecular flexibility index (Phi) is 8.01. The lowest BCUT2D eigenvalue weighted by Gasteiger charge is -2.08. The fourth-order valence-corrected chi connectivity index (χ4v) is 3.03. The van der Waals surface area contributed by atoms with E-state index >= 15 is 0 Å². The molecule has 2 N–H and O–H groups in total. The Balaban J connectivity index is 1.68. The first-order chi connectivity index (χ1) is 12.2. The highest BCUT2D eigenvalue weighted by molar-refractivity contribution is 7.99. The average molecular weight is 358 g/mol. The molecular weight excluding hydrogens is 336 g/mol. The van der Waals surface area contributed by atoms with Crippen LogP contribution >= 0.6 is 11.8 Å². The zero-order valence-corrected chi connectivity index (χ0v) is 15.0. The molecule has 0 unspecified atom stereocenters. The van der Waals surface area contributed by atoms with Gasteiger partial charge in [0.15, 0.2) is 0 Å². The van der Waals surface area contributed by atoms with Gasteiger partial charge in [-0.05, 0) is 42.0 Å². The Bertz CT molecular complexity index is 692. The summed E-state index contributed by atoms with van der Waals surface area (Å²) in [5.41, 5.74) is 1.51. The van der Waals surface area contributed by atoms with Gasteiger partial charge in [0.25, 0.3) is 0 Å². The Morgan fingerprint density at radius 2 is 1.84 bits per heavy atom. The number of hydrogen-bond acceptors (Lipinski definition) is 4. The highest BCUT2D eigenvalue weighted by Gasteiger charge is 2.13. The lowest BCUT2D eigenvalue weighted by atomic mass is 10.2. The van der Waals surface area contributed by atoms with Crippen molar-refractivity contribution in [1.82, 2.24) is 5.32 Å². The maximum absolute atomic E-state index is 11.9. The molecule has 0 aromatic heterocycles. The standard InChI is InChI=1S/C19H22N2O3S/c1-24-14-15-7-5-8-16(13-15)21-19(23)18(22)20-11-6-12-25-17-9-3-2-4-10-17/h2-5,7-10,13H,6,11-12,14H2,1H3,(H,20,22)(H,21,23). The van der Waals surface area contributed by atoms with Crippen LogP contribution in [-0.2, 0) is 20.9 Å². The lowest BCUT2D eigenvalue weighted by molar-refractivity contribution is -0.136. The molecule has 5 nitrogen and oxygen atoms in total. The first kappa shape index (κ1) is 19.0. The van der Waals surface area contributed by atoms with Crippen LogP contribution in [0.4, 0.5) is 5.69 Å². The predicted octanol–water partition coefficient (Wildman–Crippen LogP) is 3.07. The van der Waals surface area contributed by atoms with Gasteiger partial charge in [-0.2, -0.15) is 0 Å². The van der Waals surface area contributed by atoms with E-state index in [4.69, 9.17) is 4.74 Å². The third-order valence-electron chi connectivity index (χ3n) is 3.32. The SMILES string of the molecule is COCc1cccc(NC(=O)C(=O)NCCCSc2ccccc2)c1. The molecule has 132 valence electrons. The number of thioether (sulfide) groups is 1. The first-order valence-electron chi connectivity index (χ1n) is 8.04. The molecule has 0 radical (unpaired) electrons. The molecule has 0 spiro atoms. The van der Waals surface area contributed by atoms with E-state index in [-0.39, 0.29) is 0 Å². The maximum Gasteiger partial charge on any atom is 0.313 e. The normalized spacial score (nSPS) is 10.3. The number of nitrogens with one attached hydrogen (secondary N) is 2. The molecule has 0 atom stereocenters. The van der Waals surface area contributed by atoms with Gasteiger partial charge < -0.3 is 15.4 Å². The van der Waals surface area contributed by atoms with Crippen molar-refractivity contribution in [2.45, 2.75) is 17.9 Å². The Labute approximate surface area is 152 Å². The van der Waals surface area contributed by atoms with E-state index in [9.17, 15) is 9.59 Å². The van der Waals surface area contributed by atoms with Crippen LogP contribution in [0.5, 0.6) is 0 Å². The fourth-order valence-electron chi connectivity index (χ4n) is 2.15. The third-order valence-corrected chi connectivity index (χ3v) is 4.42. The number of hydrogen-bond donors (Lipinski definition) is 2. The minimum atomic E-state index is -0.662. The summed E-state index contributed by atoms with van der Waals surface area (Å²) in [5, 5.41) is 5.24. The van der Waals surface area contributed by atoms with E-state index in [1.165, 1.54) is 4.90 Å². The summed E-state index contributed by atoms with van der Waals surface area (Å²) >= 11 is 1.73. The number of rotatable bonds is 8. The van der Waals surface area contributed by atoms with Gasteiger partial charge in [-0.1, -0.05) is 30.3 Å². The van der Waals surface area contributed by atoms with Crippen LogP contribution in [0.25, 0.3) is 0 Å². The molecule has 0 saturated heterocycles. The van der Waals surface area contributed by atoms with Crippen LogP contribution in [0, 0.1) is 0 Å². The van der Waals surface area contributed by atoms with Crippen molar-refractivity contribution < 1.29 is 14.3 Å². The van der Waals surface area contributed by atoms with Crippen molar-refractivity contribution in [3.05, 3.63) is 60.2 Å². The second-order valence-corrected chi connectivity index (χ2v) is 6.53. The number of carbonyl (C=O) groups is 2. The van der Waals surface area contributed by atoms with E-state index < -0.39 is 11.8 Å². The number of methoxy groups -OCH3 is 1. The Morgan fingerprint density at radius 3 is 2.60 bits per heavy atom. The van der Waals surface area contributed by atoms with Gasteiger partial charge >= 0.3 is 11.8 Å². The van der Waals surface area contributed by atoms with Crippen LogP contribution in [0.3, 0.4) is 0 Å². The number of carbonyl (C=O) groups excluding carboxylic acids is 2. The predicted molar refractivity (Wildman–Crippen MR) is 101 cm³/mol. The molecule has 2 aromatic rings. The summed E-state index contributed by atoms with van der Waals surface area (Å²) in [5.74, 6) is -0.405. The van der Waals surface area contributed by atoms with E-state index in [2.05, 4.69) is 10.6 Å². The van der Waals surface area contributed by atoms with Crippen molar-refractivity contribution in [1.29, 1.82) is 0 Å². The molecule has 0 aliphatic carbocycles. The molecule has 2 rings (SSSR count). The number of benzene rings is 2. The molecule has 6 heteroatoms. The summed E-state index contributed by atoms with van der Waals surface area (Å²) in [6.45, 7) is 0.921. The van der Waals surface area contributed by atoms with Crippen LogP contribution in [0.15, 0.2) is 59.5 Å². The van der Waals surface area contributed by atoms with Gasteiger partial charge in [-0.25, -0.2) is 0 Å².